The standard InChI is InChI=1S/C14H25N3O2/c1-11-6-4-5-7-14(11,9-15)17-10-16-8-12(17)13(18-2)19-3/h8,10-11,13H,4-7,9,15H2,1-3H3. The van der Waals surface area contributed by atoms with Gasteiger partial charge in [0, 0.05) is 20.8 Å². The molecule has 0 radical (unpaired) electrons. The molecule has 2 rings (SSSR count). The first kappa shape index (κ1) is 14.5. The largest absolute Gasteiger partial charge is 0.350 e. The minimum atomic E-state index is -0.389. The van der Waals surface area contributed by atoms with Gasteiger partial charge in [-0.25, -0.2) is 4.98 Å². The predicted octanol–water partition coefficient (Wildman–Crippen LogP) is 2.04. The lowest BCUT2D eigenvalue weighted by Crippen LogP contribution is -2.49. The molecule has 5 heteroatoms. The highest BCUT2D eigenvalue weighted by Gasteiger charge is 2.40. The number of hydrogen-bond acceptors (Lipinski definition) is 4. The summed E-state index contributed by atoms with van der Waals surface area (Å²) in [5.41, 5.74) is 7.03. The average Bonchev–Trinajstić information content (AvgIpc) is 2.91. The van der Waals surface area contributed by atoms with E-state index in [2.05, 4.69) is 16.5 Å². The fourth-order valence-corrected chi connectivity index (χ4v) is 3.35. The number of nitrogens with zero attached hydrogens (tertiary/aromatic N) is 2. The minimum Gasteiger partial charge on any atom is -0.350 e. The van der Waals surface area contributed by atoms with E-state index in [9.17, 15) is 0 Å². The topological polar surface area (TPSA) is 62.3 Å². The molecule has 19 heavy (non-hydrogen) atoms. The molecule has 0 spiro atoms. The van der Waals surface area contributed by atoms with Crippen LogP contribution in [-0.2, 0) is 15.0 Å². The van der Waals surface area contributed by atoms with Gasteiger partial charge in [0.1, 0.15) is 0 Å². The monoisotopic (exact) mass is 267 g/mol. The van der Waals surface area contributed by atoms with Crippen LogP contribution in [0.3, 0.4) is 0 Å². The molecule has 1 aromatic rings. The molecule has 1 aliphatic carbocycles. The summed E-state index contributed by atoms with van der Waals surface area (Å²) in [7, 11) is 3.29. The summed E-state index contributed by atoms with van der Waals surface area (Å²) >= 11 is 0. The van der Waals surface area contributed by atoms with E-state index >= 15 is 0 Å². The van der Waals surface area contributed by atoms with E-state index in [4.69, 9.17) is 15.2 Å². The van der Waals surface area contributed by atoms with Gasteiger partial charge >= 0.3 is 0 Å². The van der Waals surface area contributed by atoms with Crippen LogP contribution in [0.25, 0.3) is 0 Å². The van der Waals surface area contributed by atoms with Crippen molar-refractivity contribution in [1.82, 2.24) is 9.55 Å². The summed E-state index contributed by atoms with van der Waals surface area (Å²) in [6.07, 6.45) is 8.09. The van der Waals surface area contributed by atoms with Crippen molar-refractivity contribution in [3.05, 3.63) is 18.2 Å². The normalized spacial score (nSPS) is 27.9. The molecule has 5 nitrogen and oxygen atoms in total. The number of imidazole rings is 1. The van der Waals surface area contributed by atoms with Crippen LogP contribution in [-0.4, -0.2) is 30.3 Å². The maximum atomic E-state index is 6.14. The van der Waals surface area contributed by atoms with Gasteiger partial charge in [0.15, 0.2) is 6.29 Å². The number of methoxy groups -OCH3 is 2. The molecule has 1 aromatic heterocycles. The average molecular weight is 267 g/mol. The maximum absolute atomic E-state index is 6.14. The highest BCUT2D eigenvalue weighted by molar-refractivity contribution is 5.09. The molecule has 0 amide bonds. The van der Waals surface area contributed by atoms with Crippen LogP contribution in [0.15, 0.2) is 12.5 Å². The lowest BCUT2D eigenvalue weighted by atomic mass is 9.73. The zero-order chi connectivity index (χ0) is 13.9. The second-order valence-corrected chi connectivity index (χ2v) is 5.45. The van der Waals surface area contributed by atoms with Gasteiger partial charge in [0.25, 0.3) is 0 Å². The molecule has 2 unspecified atom stereocenters. The molecular weight excluding hydrogens is 242 g/mol. The third-order valence-corrected chi connectivity index (χ3v) is 4.58. The van der Waals surface area contributed by atoms with Crippen LogP contribution in [0.2, 0.25) is 0 Å². The van der Waals surface area contributed by atoms with Crippen LogP contribution in [0.5, 0.6) is 0 Å². The van der Waals surface area contributed by atoms with Crippen LogP contribution in [0.4, 0.5) is 0 Å². The van der Waals surface area contributed by atoms with Gasteiger partial charge in [-0.3, -0.25) is 0 Å². The predicted molar refractivity (Wildman–Crippen MR) is 73.6 cm³/mol. The molecule has 1 saturated carbocycles. The van der Waals surface area contributed by atoms with Crippen molar-refractivity contribution >= 4 is 0 Å². The van der Waals surface area contributed by atoms with E-state index < -0.39 is 0 Å². The molecule has 1 heterocycles. The number of rotatable bonds is 5. The van der Waals surface area contributed by atoms with E-state index in [0.29, 0.717) is 12.5 Å². The highest BCUT2D eigenvalue weighted by Crippen LogP contribution is 2.40. The van der Waals surface area contributed by atoms with Crippen LogP contribution in [0.1, 0.15) is 44.6 Å². The SMILES string of the molecule is COC(OC)c1cncn1C1(CN)CCCCC1C. The Kier molecular flexibility index (Phi) is 4.60. The van der Waals surface area contributed by atoms with E-state index in [1.54, 1.807) is 14.2 Å². The molecule has 2 atom stereocenters. The van der Waals surface area contributed by atoms with Crippen molar-refractivity contribution in [3.8, 4) is 0 Å². The summed E-state index contributed by atoms with van der Waals surface area (Å²) < 4.78 is 12.9. The molecule has 1 fully saturated rings. The quantitative estimate of drug-likeness (QED) is 0.829. The van der Waals surface area contributed by atoms with Gasteiger partial charge in [-0.1, -0.05) is 19.8 Å². The Bertz CT molecular complexity index is 403. The van der Waals surface area contributed by atoms with E-state index in [1.807, 2.05) is 12.5 Å². The third-order valence-electron chi connectivity index (χ3n) is 4.58. The van der Waals surface area contributed by atoms with Crippen LogP contribution < -0.4 is 5.73 Å². The second-order valence-electron chi connectivity index (χ2n) is 5.45. The number of hydrogen-bond donors (Lipinski definition) is 1. The highest BCUT2D eigenvalue weighted by atomic mass is 16.7. The fraction of sp³-hybridized carbons (Fsp3) is 0.786. The smallest absolute Gasteiger partial charge is 0.200 e. The molecule has 108 valence electrons. The van der Waals surface area contributed by atoms with Crippen molar-refractivity contribution in [1.29, 1.82) is 0 Å². The Hall–Kier alpha value is -0.910. The van der Waals surface area contributed by atoms with Crippen molar-refractivity contribution in [2.45, 2.75) is 44.4 Å². The molecule has 1 aliphatic rings. The molecule has 0 aromatic carbocycles. The molecule has 0 aliphatic heterocycles. The van der Waals surface area contributed by atoms with Crippen LogP contribution in [0, 0.1) is 5.92 Å². The Morgan fingerprint density at radius 2 is 2.21 bits per heavy atom. The lowest BCUT2D eigenvalue weighted by molar-refractivity contribution is -0.113. The first-order valence-electron chi connectivity index (χ1n) is 6.98. The first-order valence-corrected chi connectivity index (χ1v) is 6.98. The number of aromatic nitrogens is 2. The van der Waals surface area contributed by atoms with Gasteiger partial charge in [-0.05, 0) is 18.8 Å². The zero-order valence-corrected chi connectivity index (χ0v) is 12.1. The summed E-state index contributed by atoms with van der Waals surface area (Å²) in [4.78, 5) is 4.29. The van der Waals surface area contributed by atoms with Crippen LogP contribution >= 0.6 is 0 Å². The maximum Gasteiger partial charge on any atom is 0.200 e. The van der Waals surface area contributed by atoms with Crippen molar-refractivity contribution in [3.63, 3.8) is 0 Å². The molecule has 2 N–H and O–H groups in total. The summed E-state index contributed by atoms with van der Waals surface area (Å²) in [5, 5.41) is 0. The Balaban J connectivity index is 2.41. The van der Waals surface area contributed by atoms with Gasteiger partial charge < -0.3 is 19.8 Å². The van der Waals surface area contributed by atoms with Crippen molar-refractivity contribution in [2.24, 2.45) is 11.7 Å². The van der Waals surface area contributed by atoms with Gasteiger partial charge in [-0.2, -0.15) is 0 Å². The summed E-state index contributed by atoms with van der Waals surface area (Å²) in [6.45, 7) is 2.90. The molecule has 0 saturated heterocycles. The lowest BCUT2D eigenvalue weighted by Gasteiger charge is -2.44. The van der Waals surface area contributed by atoms with E-state index in [0.717, 1.165) is 12.1 Å². The molecular formula is C14H25N3O2. The van der Waals surface area contributed by atoms with E-state index in [1.165, 1.54) is 19.3 Å². The van der Waals surface area contributed by atoms with Crippen molar-refractivity contribution in [2.75, 3.05) is 20.8 Å². The zero-order valence-electron chi connectivity index (χ0n) is 12.1. The first-order chi connectivity index (χ1) is 9.19. The Labute approximate surface area is 115 Å². The minimum absolute atomic E-state index is 0.0562. The third kappa shape index (κ3) is 2.42. The fourth-order valence-electron chi connectivity index (χ4n) is 3.35. The second kappa shape index (κ2) is 6.03. The Morgan fingerprint density at radius 1 is 1.47 bits per heavy atom. The molecule has 0 bridgehead atoms. The van der Waals surface area contributed by atoms with E-state index in [-0.39, 0.29) is 11.8 Å². The van der Waals surface area contributed by atoms with Gasteiger partial charge in [0.2, 0.25) is 0 Å². The van der Waals surface area contributed by atoms with Crippen molar-refractivity contribution < 1.29 is 9.47 Å². The summed E-state index contributed by atoms with van der Waals surface area (Å²) in [5.74, 6) is 0.536. The number of ether oxygens (including phenoxy) is 2. The summed E-state index contributed by atoms with van der Waals surface area (Å²) in [6, 6.07) is 0. The van der Waals surface area contributed by atoms with Gasteiger partial charge in [0.05, 0.1) is 23.8 Å². The number of nitrogens with two attached hydrogens (primary N) is 1. The Morgan fingerprint density at radius 3 is 2.79 bits per heavy atom. The van der Waals surface area contributed by atoms with Gasteiger partial charge in [-0.15, -0.1) is 0 Å².